The van der Waals surface area contributed by atoms with Gasteiger partial charge in [-0.1, -0.05) is 27.5 Å². The Morgan fingerprint density at radius 3 is 2.36 bits per heavy atom. The van der Waals surface area contributed by atoms with Crippen LogP contribution in [0.4, 0.5) is 28.7 Å². The summed E-state index contributed by atoms with van der Waals surface area (Å²) in [7, 11) is 0. The molecule has 0 unspecified atom stereocenters. The molecule has 1 aromatic carbocycles. The van der Waals surface area contributed by atoms with E-state index in [1.54, 1.807) is 24.3 Å². The Morgan fingerprint density at radius 1 is 1.04 bits per heavy atom. The van der Waals surface area contributed by atoms with Crippen LogP contribution in [-0.4, -0.2) is 19.9 Å². The Labute approximate surface area is 155 Å². The highest BCUT2D eigenvalue weighted by atomic mass is 79.9. The number of halogens is 2. The number of anilines is 4. The summed E-state index contributed by atoms with van der Waals surface area (Å²) < 4.78 is 0.892. The minimum Gasteiger partial charge on any atom is -0.334 e. The first-order valence-electron chi connectivity index (χ1n) is 6.94. The summed E-state index contributed by atoms with van der Waals surface area (Å²) in [6.07, 6.45) is 2.74. The van der Waals surface area contributed by atoms with Gasteiger partial charge in [-0.05, 0) is 36.4 Å². The maximum atomic E-state index is 11.6. The van der Waals surface area contributed by atoms with E-state index in [0.29, 0.717) is 11.4 Å². The molecule has 0 radical (unpaired) electrons. The second kappa shape index (κ2) is 7.41. The van der Waals surface area contributed by atoms with Crippen LogP contribution in [0.3, 0.4) is 0 Å². The van der Waals surface area contributed by atoms with Crippen molar-refractivity contribution in [1.82, 2.24) is 15.0 Å². The molecule has 0 aliphatic rings. The summed E-state index contributed by atoms with van der Waals surface area (Å²) in [4.78, 5) is 22.8. The summed E-state index contributed by atoms with van der Waals surface area (Å²) in [5, 5.41) is 17.5. The summed E-state index contributed by atoms with van der Waals surface area (Å²) >= 11 is 9.32. The number of nitro groups is 1. The third-order valence-electron chi connectivity index (χ3n) is 3.12. The predicted octanol–water partition coefficient (Wildman–Crippen LogP) is 4.68. The Balaban J connectivity index is 1.98. The van der Waals surface area contributed by atoms with Gasteiger partial charge in [0.15, 0.2) is 5.15 Å². The van der Waals surface area contributed by atoms with E-state index in [9.17, 15) is 10.1 Å². The zero-order chi connectivity index (χ0) is 17.8. The molecule has 126 valence electrons. The summed E-state index contributed by atoms with van der Waals surface area (Å²) in [5.41, 5.74) is 0.751. The van der Waals surface area contributed by atoms with Gasteiger partial charge in [0.2, 0.25) is 11.6 Å². The van der Waals surface area contributed by atoms with Crippen molar-refractivity contribution in [1.29, 1.82) is 0 Å². The fourth-order valence-corrected chi connectivity index (χ4v) is 2.44. The maximum Gasteiger partial charge on any atom is 0.353 e. The first-order valence-corrected chi connectivity index (χ1v) is 8.11. The smallest absolute Gasteiger partial charge is 0.334 e. The number of pyridine rings is 1. The normalized spacial score (nSPS) is 10.3. The first kappa shape index (κ1) is 17.1. The number of hydrogen-bond donors (Lipinski definition) is 2. The van der Waals surface area contributed by atoms with Crippen LogP contribution < -0.4 is 10.6 Å². The monoisotopic (exact) mass is 420 g/mol. The SMILES string of the molecule is O=[N+]([O-])c1c(Nc2ccc(Br)cc2)ncnc1Nc1cccnc1Cl. The third-order valence-corrected chi connectivity index (χ3v) is 3.95. The molecular formula is C15H10BrClN6O2. The summed E-state index contributed by atoms with van der Waals surface area (Å²) in [5.74, 6) is 0.0688. The number of aromatic nitrogens is 3. The van der Waals surface area contributed by atoms with E-state index in [1.807, 2.05) is 12.1 Å². The van der Waals surface area contributed by atoms with Gasteiger partial charge in [-0.15, -0.1) is 0 Å². The molecule has 3 aromatic rings. The molecule has 0 fully saturated rings. The van der Waals surface area contributed by atoms with Crippen molar-refractivity contribution >= 4 is 56.2 Å². The van der Waals surface area contributed by atoms with Gasteiger partial charge in [0.1, 0.15) is 6.33 Å². The molecule has 2 N–H and O–H groups in total. The van der Waals surface area contributed by atoms with E-state index < -0.39 is 4.92 Å². The number of rotatable bonds is 5. The molecular weight excluding hydrogens is 412 g/mol. The van der Waals surface area contributed by atoms with Crippen LogP contribution >= 0.6 is 27.5 Å². The lowest BCUT2D eigenvalue weighted by atomic mass is 10.3. The first-order chi connectivity index (χ1) is 12.0. The molecule has 8 nitrogen and oxygen atoms in total. The Bertz CT molecular complexity index is 922. The fourth-order valence-electron chi connectivity index (χ4n) is 2.01. The highest BCUT2D eigenvalue weighted by molar-refractivity contribution is 9.10. The molecule has 0 atom stereocenters. The highest BCUT2D eigenvalue weighted by Crippen LogP contribution is 2.34. The van der Waals surface area contributed by atoms with Crippen LogP contribution in [0.25, 0.3) is 0 Å². The molecule has 0 saturated carbocycles. The van der Waals surface area contributed by atoms with Gasteiger partial charge in [0.05, 0.1) is 10.6 Å². The highest BCUT2D eigenvalue weighted by Gasteiger charge is 2.24. The Kier molecular flexibility index (Phi) is 5.05. The zero-order valence-electron chi connectivity index (χ0n) is 12.5. The molecule has 0 amide bonds. The molecule has 0 bridgehead atoms. The van der Waals surface area contributed by atoms with Crippen LogP contribution in [0.1, 0.15) is 0 Å². The summed E-state index contributed by atoms with van der Waals surface area (Å²) in [6.45, 7) is 0. The van der Waals surface area contributed by atoms with Crippen molar-refractivity contribution in [3.8, 4) is 0 Å². The molecule has 3 rings (SSSR count). The van der Waals surface area contributed by atoms with Gasteiger partial charge < -0.3 is 10.6 Å². The Hall–Kier alpha value is -2.78. The number of nitrogens with zero attached hydrogens (tertiary/aromatic N) is 4. The van der Waals surface area contributed by atoms with Crippen molar-refractivity contribution in [3.05, 3.63) is 68.7 Å². The molecule has 2 aromatic heterocycles. The molecule has 0 saturated heterocycles. The molecule has 2 heterocycles. The van der Waals surface area contributed by atoms with Crippen molar-refractivity contribution in [2.45, 2.75) is 0 Å². The third kappa shape index (κ3) is 4.01. The topological polar surface area (TPSA) is 106 Å². The standard InChI is InChI=1S/C15H10BrClN6O2/c16-9-3-5-10(6-4-9)21-14-12(23(24)25)15(20-8-19-14)22-11-2-1-7-18-13(11)17/h1-8H,(H2,19,20,21,22). The van der Waals surface area contributed by atoms with Crippen LogP contribution in [-0.2, 0) is 0 Å². The van der Waals surface area contributed by atoms with Gasteiger partial charge in [0.25, 0.3) is 0 Å². The lowest BCUT2D eigenvalue weighted by Gasteiger charge is -2.10. The number of nitrogens with one attached hydrogen (secondary N) is 2. The minimum absolute atomic E-state index is 0.00881. The van der Waals surface area contributed by atoms with E-state index in [2.05, 4.69) is 41.5 Å². The largest absolute Gasteiger partial charge is 0.353 e. The molecule has 0 aliphatic heterocycles. The van der Waals surface area contributed by atoms with Crippen molar-refractivity contribution in [2.24, 2.45) is 0 Å². The average Bonchev–Trinajstić information content (AvgIpc) is 2.59. The van der Waals surface area contributed by atoms with Crippen molar-refractivity contribution in [3.63, 3.8) is 0 Å². The Morgan fingerprint density at radius 2 is 1.72 bits per heavy atom. The van der Waals surface area contributed by atoms with Crippen LogP contribution in [0.15, 0.2) is 53.4 Å². The zero-order valence-corrected chi connectivity index (χ0v) is 14.8. The quantitative estimate of drug-likeness (QED) is 0.350. The number of hydrogen-bond acceptors (Lipinski definition) is 7. The van der Waals surface area contributed by atoms with Gasteiger partial charge in [0, 0.05) is 16.4 Å². The molecule has 25 heavy (non-hydrogen) atoms. The van der Waals surface area contributed by atoms with Crippen LogP contribution in [0.5, 0.6) is 0 Å². The van der Waals surface area contributed by atoms with Gasteiger partial charge in [-0.2, -0.15) is 0 Å². The second-order valence-corrected chi connectivity index (χ2v) is 6.05. The lowest BCUT2D eigenvalue weighted by Crippen LogP contribution is -2.05. The van der Waals surface area contributed by atoms with Gasteiger partial charge in [-0.3, -0.25) is 10.1 Å². The minimum atomic E-state index is -0.562. The lowest BCUT2D eigenvalue weighted by molar-refractivity contribution is -0.383. The van der Waals surface area contributed by atoms with Gasteiger partial charge in [-0.25, -0.2) is 15.0 Å². The molecule has 0 aliphatic carbocycles. The van der Waals surface area contributed by atoms with E-state index in [-0.39, 0.29) is 22.5 Å². The second-order valence-electron chi connectivity index (χ2n) is 4.78. The average molecular weight is 422 g/mol. The fraction of sp³-hybridized carbons (Fsp3) is 0. The maximum absolute atomic E-state index is 11.6. The van der Waals surface area contributed by atoms with Crippen LogP contribution in [0.2, 0.25) is 5.15 Å². The summed E-state index contributed by atoms with van der Waals surface area (Å²) in [6, 6.07) is 10.4. The van der Waals surface area contributed by atoms with E-state index in [1.165, 1.54) is 12.5 Å². The predicted molar refractivity (Wildman–Crippen MR) is 98.6 cm³/mol. The van der Waals surface area contributed by atoms with E-state index in [4.69, 9.17) is 11.6 Å². The molecule has 10 heteroatoms. The van der Waals surface area contributed by atoms with Gasteiger partial charge >= 0.3 is 5.69 Å². The van der Waals surface area contributed by atoms with Crippen molar-refractivity contribution in [2.75, 3.05) is 10.6 Å². The number of benzene rings is 1. The van der Waals surface area contributed by atoms with Crippen molar-refractivity contribution < 1.29 is 4.92 Å². The molecule has 0 spiro atoms. The van der Waals surface area contributed by atoms with E-state index >= 15 is 0 Å². The van der Waals surface area contributed by atoms with Crippen LogP contribution in [0, 0.1) is 10.1 Å². The van der Waals surface area contributed by atoms with E-state index in [0.717, 1.165) is 4.47 Å².